The van der Waals surface area contributed by atoms with Crippen molar-refractivity contribution in [2.75, 3.05) is 27.4 Å². The lowest BCUT2D eigenvalue weighted by Gasteiger charge is -2.41. The van der Waals surface area contributed by atoms with Gasteiger partial charge >= 0.3 is 11.9 Å². The molecule has 510 valence electrons. The lowest BCUT2D eigenvalue weighted by atomic mass is 9.25. The highest BCUT2D eigenvalue weighted by molar-refractivity contribution is 9.10. The van der Waals surface area contributed by atoms with Crippen LogP contribution in [0.1, 0.15) is 201 Å². The summed E-state index contributed by atoms with van der Waals surface area (Å²) in [5.74, 6) is 6.06. The Hall–Kier alpha value is -6.92. The molecular weight excluding hydrogens is 1270 g/mol. The molecule has 4 aliphatic heterocycles. The van der Waals surface area contributed by atoms with Gasteiger partial charge in [-0.15, -0.1) is 6.58 Å². The number of rotatable bonds is 22. The van der Waals surface area contributed by atoms with Gasteiger partial charge in [-0.1, -0.05) is 109 Å². The summed E-state index contributed by atoms with van der Waals surface area (Å²) >= 11 is 3.41. The number of carbonyl (C=O) groups is 2. The second kappa shape index (κ2) is 32.9. The van der Waals surface area contributed by atoms with Crippen molar-refractivity contribution in [1.29, 1.82) is 0 Å². The number of aliphatic hydroxyl groups is 3. The molecule has 4 atom stereocenters. The lowest BCUT2D eigenvalue weighted by Crippen LogP contribution is -2.34. The summed E-state index contributed by atoms with van der Waals surface area (Å²) in [5.41, 5.74) is 4.13. The van der Waals surface area contributed by atoms with Crippen LogP contribution in [-0.2, 0) is 38.3 Å². The summed E-state index contributed by atoms with van der Waals surface area (Å²) in [5, 5.41) is 28.6. The van der Waals surface area contributed by atoms with Gasteiger partial charge in [-0.05, 0) is 178 Å². The van der Waals surface area contributed by atoms with E-state index in [9.17, 15) is 24.2 Å². The molecule has 12 rings (SSSR count). The number of ether oxygens (including phenoxy) is 8. The summed E-state index contributed by atoms with van der Waals surface area (Å²) in [7, 11) is 2.76. The molecule has 2 saturated heterocycles. The number of carbonyl (C=O) groups excluding carboxylic acids is 2. The minimum Gasteiger partial charge on any atom is -0.492 e. The van der Waals surface area contributed by atoms with Crippen molar-refractivity contribution in [3.05, 3.63) is 177 Å². The minimum absolute atomic E-state index is 0.0375. The Kier molecular flexibility index (Phi) is 25.0. The summed E-state index contributed by atoms with van der Waals surface area (Å²) in [4.78, 5) is 23.3. The highest BCUT2D eigenvalue weighted by Crippen LogP contribution is 2.50. The fourth-order valence-corrected chi connectivity index (χ4v) is 14.5. The number of hydrogen-bond donors (Lipinski definition) is 3. The molecule has 13 nitrogen and oxygen atoms in total. The van der Waals surface area contributed by atoms with Crippen molar-refractivity contribution in [2.45, 2.75) is 216 Å². The molecule has 95 heavy (non-hydrogen) atoms. The molecule has 4 heterocycles. The molecule has 0 spiro atoms. The van der Waals surface area contributed by atoms with Crippen LogP contribution >= 0.6 is 15.9 Å². The Morgan fingerprint density at radius 2 is 1.02 bits per heavy atom. The van der Waals surface area contributed by atoms with Crippen molar-refractivity contribution in [2.24, 2.45) is 0 Å². The molecule has 6 aromatic carbocycles. The highest BCUT2D eigenvalue weighted by atomic mass is 79.9. The number of hydrogen-bond acceptors (Lipinski definition) is 13. The Morgan fingerprint density at radius 1 is 0.589 bits per heavy atom. The number of methoxy groups -OCH3 is 2. The zero-order valence-electron chi connectivity index (χ0n) is 56.6. The predicted octanol–water partition coefficient (Wildman–Crippen LogP) is 18.8. The zero-order valence-corrected chi connectivity index (χ0v) is 58.2. The first kappa shape index (κ1) is 72.4. The van der Waals surface area contributed by atoms with Crippen molar-refractivity contribution in [3.8, 4) is 46.0 Å². The van der Waals surface area contributed by atoms with Crippen LogP contribution in [0.25, 0.3) is 0 Å². The first-order valence-electron chi connectivity index (χ1n) is 33.9. The summed E-state index contributed by atoms with van der Waals surface area (Å²) < 4.78 is 76.6. The van der Waals surface area contributed by atoms with Crippen LogP contribution in [0.15, 0.2) is 126 Å². The third kappa shape index (κ3) is 20.6. The standard InChI is InChI=1S/C32H35FO6.C26H22BrFO5.C14H27BO.C6H12O/c1-32(2,35)16-4-5-20-6-8-22(9-7-20)38-27-15-13-26(33)31-25(27)12-14-28(31)39-23-10-11-24-21(17-30(34)36-3)19-37-29(24)18-23;1-30-25(29)12-15-14-31-24-13-18(6-7-19(15)24)33-23-10-8-20-22(11-9-21(28)26(20)23)32-17-4-2-16(27)3-5-17;1-14(2,16)10-5-11-15-12-6-3-7-13(15)9-4-8-12;1-4-5-6(2,3)7/h6-11,13,15,18,21,28,35H,4-5,12,14,16-17,19H2,1-3H3;2-7,9,11,13,15,23H,8,10,12,14H2,1H3;12-13,16H,3-11H2,1-2H3;4,7H,1,5H2,2-3H3/t21-,28-;15-,23-;;/m11../s1. The molecule has 0 saturated carbocycles. The van der Waals surface area contributed by atoms with Gasteiger partial charge in [0, 0.05) is 61.8 Å². The van der Waals surface area contributed by atoms with Crippen molar-refractivity contribution in [1.82, 2.24) is 0 Å². The van der Waals surface area contributed by atoms with Gasteiger partial charge in [0.05, 0.1) is 57.1 Å². The average molecular weight is 1370 g/mol. The van der Waals surface area contributed by atoms with E-state index in [0.29, 0.717) is 102 Å². The van der Waals surface area contributed by atoms with Gasteiger partial charge in [-0.2, -0.15) is 0 Å². The smallest absolute Gasteiger partial charge is 0.306 e. The third-order valence-electron chi connectivity index (χ3n) is 19.0. The highest BCUT2D eigenvalue weighted by Gasteiger charge is 2.39. The normalized spacial score (nSPS) is 19.6. The Balaban J connectivity index is 0.000000170. The molecule has 2 fully saturated rings. The fraction of sp³-hybridized carbons (Fsp3) is 0.487. The SMILES string of the molecule is C=CCC(C)(C)O.CC(C)(O)CCCB1C2CCCC1CCC2.COC(=O)C[C@@H]1COc2cc(O[C@@H]3CCc4c(Oc5ccc(Br)cc5)ccc(F)c43)ccc21.COC(=O)C[C@@H]1COc2cc(O[C@@H]3CCc4c(Oc5ccc(CCCC(C)(C)O)cc5)ccc(F)c43)ccc21. The number of esters is 2. The number of fused-ring (bicyclic) bond motifs is 6. The maximum atomic E-state index is 15.0. The van der Waals surface area contributed by atoms with E-state index in [4.69, 9.17) is 43.0 Å². The first-order chi connectivity index (χ1) is 45.3. The van der Waals surface area contributed by atoms with Crippen LogP contribution in [0.5, 0.6) is 46.0 Å². The Bertz CT molecular complexity index is 3520. The van der Waals surface area contributed by atoms with Crippen LogP contribution in [0.4, 0.5) is 8.78 Å². The van der Waals surface area contributed by atoms with E-state index < -0.39 is 29.0 Å². The van der Waals surface area contributed by atoms with E-state index in [2.05, 4.69) is 22.5 Å². The monoisotopic (exact) mass is 1370 g/mol. The molecule has 0 unspecified atom stereocenters. The van der Waals surface area contributed by atoms with Crippen molar-refractivity contribution in [3.63, 3.8) is 0 Å². The molecule has 0 aromatic heterocycles. The van der Waals surface area contributed by atoms with Crippen LogP contribution in [-0.4, -0.2) is 78.2 Å². The van der Waals surface area contributed by atoms with Crippen molar-refractivity contribution >= 4 is 34.6 Å². The van der Waals surface area contributed by atoms with Gasteiger partial charge in [0.2, 0.25) is 0 Å². The molecule has 6 aliphatic rings. The molecule has 2 aliphatic carbocycles. The zero-order chi connectivity index (χ0) is 68.0. The number of benzene rings is 6. The van der Waals surface area contributed by atoms with Gasteiger partial charge < -0.3 is 53.2 Å². The van der Waals surface area contributed by atoms with E-state index in [0.717, 1.165) is 70.8 Å². The van der Waals surface area contributed by atoms with Gasteiger partial charge in [0.15, 0.2) is 0 Å². The number of halogens is 3. The predicted molar refractivity (Wildman–Crippen MR) is 371 cm³/mol. The summed E-state index contributed by atoms with van der Waals surface area (Å²) in [6.45, 7) is 16.4. The molecule has 2 bridgehead atoms. The van der Waals surface area contributed by atoms with Crippen LogP contribution in [0.3, 0.4) is 0 Å². The molecule has 17 heteroatoms. The van der Waals surface area contributed by atoms with Gasteiger partial charge in [-0.25, -0.2) is 8.78 Å². The van der Waals surface area contributed by atoms with Crippen LogP contribution in [0.2, 0.25) is 18.0 Å². The fourth-order valence-electron chi connectivity index (χ4n) is 14.2. The second-order valence-electron chi connectivity index (χ2n) is 28.2. The topological polar surface area (TPSA) is 169 Å². The Morgan fingerprint density at radius 3 is 1.43 bits per heavy atom. The molecule has 0 amide bonds. The molecule has 6 aromatic rings. The minimum atomic E-state index is -0.656. The quantitative estimate of drug-likeness (QED) is 0.0334. The van der Waals surface area contributed by atoms with Gasteiger partial charge in [0.1, 0.15) is 76.6 Å². The summed E-state index contributed by atoms with van der Waals surface area (Å²) in [6.07, 6.45) is 19.7. The van der Waals surface area contributed by atoms with E-state index >= 15 is 4.39 Å². The second-order valence-corrected chi connectivity index (χ2v) is 29.1. The maximum absolute atomic E-state index is 15.0. The van der Waals surface area contributed by atoms with Crippen LogP contribution < -0.4 is 28.4 Å². The molecule has 0 radical (unpaired) electrons. The summed E-state index contributed by atoms with van der Waals surface area (Å²) in [6, 6.07) is 32.8. The lowest BCUT2D eigenvalue weighted by molar-refractivity contribution is -0.142. The van der Waals surface area contributed by atoms with Crippen molar-refractivity contribution < 1.29 is 71.6 Å². The first-order valence-corrected chi connectivity index (χ1v) is 34.7. The third-order valence-corrected chi connectivity index (χ3v) is 19.5. The number of aryl methyl sites for hydroxylation is 1. The van der Waals surface area contributed by atoms with E-state index in [1.807, 2.05) is 113 Å². The molecule has 3 N–H and O–H groups in total. The van der Waals surface area contributed by atoms with E-state index in [1.165, 1.54) is 83.2 Å². The Labute approximate surface area is 569 Å². The average Bonchev–Trinajstić information content (AvgIpc) is 1.67. The van der Waals surface area contributed by atoms with E-state index in [1.54, 1.807) is 32.1 Å². The van der Waals surface area contributed by atoms with Gasteiger partial charge in [0.25, 0.3) is 0 Å². The maximum Gasteiger partial charge on any atom is 0.306 e. The van der Waals surface area contributed by atoms with E-state index in [-0.39, 0.29) is 48.3 Å². The van der Waals surface area contributed by atoms with Gasteiger partial charge in [-0.3, -0.25) is 9.59 Å². The largest absolute Gasteiger partial charge is 0.492 e. The molecular formula is C78H96BBrF2O13. The van der Waals surface area contributed by atoms with Crippen LogP contribution in [0, 0.1) is 11.6 Å².